The molecule has 0 amide bonds. The average molecular weight is 280 g/mol. The lowest BCUT2D eigenvalue weighted by molar-refractivity contribution is 0.672. The molecular formula is C19H24N2. The Hall–Kier alpha value is -1.96. The highest BCUT2D eigenvalue weighted by molar-refractivity contribution is 5.55. The first-order valence-corrected chi connectivity index (χ1v) is 7.65. The van der Waals surface area contributed by atoms with Crippen molar-refractivity contribution in [1.82, 2.24) is 0 Å². The van der Waals surface area contributed by atoms with E-state index in [1.807, 2.05) is 12.1 Å². The van der Waals surface area contributed by atoms with Crippen LogP contribution in [0.4, 0.5) is 11.4 Å². The van der Waals surface area contributed by atoms with Crippen molar-refractivity contribution in [2.24, 2.45) is 0 Å². The molecule has 0 saturated heterocycles. The molecule has 0 aromatic heterocycles. The van der Waals surface area contributed by atoms with Gasteiger partial charge in [-0.25, -0.2) is 0 Å². The molecular weight excluding hydrogens is 256 g/mol. The van der Waals surface area contributed by atoms with Gasteiger partial charge in [-0.2, -0.15) is 0 Å². The number of hydrogen-bond acceptors (Lipinski definition) is 2. The molecule has 0 bridgehead atoms. The van der Waals surface area contributed by atoms with E-state index < -0.39 is 0 Å². The van der Waals surface area contributed by atoms with Gasteiger partial charge in [0.1, 0.15) is 0 Å². The van der Waals surface area contributed by atoms with E-state index in [0.717, 1.165) is 12.2 Å². The summed E-state index contributed by atoms with van der Waals surface area (Å²) in [5.74, 6) is 0. The van der Waals surface area contributed by atoms with Crippen molar-refractivity contribution in [2.75, 3.05) is 24.2 Å². The summed E-state index contributed by atoms with van der Waals surface area (Å²) in [5, 5.41) is 0. The third kappa shape index (κ3) is 2.76. The Labute approximate surface area is 127 Å². The predicted octanol–water partition coefficient (Wildman–Crippen LogP) is 4.05. The van der Waals surface area contributed by atoms with E-state index in [2.05, 4.69) is 56.1 Å². The molecule has 2 heteroatoms. The lowest BCUT2D eigenvalue weighted by Crippen LogP contribution is -2.29. The number of hydrogen-bond donors (Lipinski definition) is 1. The second-order valence-corrected chi connectivity index (χ2v) is 6.55. The molecule has 2 N–H and O–H groups in total. The Kier molecular flexibility index (Phi) is 3.40. The summed E-state index contributed by atoms with van der Waals surface area (Å²) >= 11 is 0. The van der Waals surface area contributed by atoms with Gasteiger partial charge in [0, 0.05) is 30.4 Å². The van der Waals surface area contributed by atoms with Crippen molar-refractivity contribution in [3.05, 3.63) is 59.2 Å². The van der Waals surface area contributed by atoms with Crippen LogP contribution in [0.25, 0.3) is 0 Å². The monoisotopic (exact) mass is 280 g/mol. The third-order valence-corrected chi connectivity index (χ3v) is 4.68. The van der Waals surface area contributed by atoms with E-state index in [4.69, 9.17) is 5.73 Å². The Bertz CT molecular complexity index is 639. The van der Waals surface area contributed by atoms with Crippen LogP contribution < -0.4 is 10.6 Å². The zero-order chi connectivity index (χ0) is 15.0. The van der Waals surface area contributed by atoms with Crippen molar-refractivity contribution in [3.8, 4) is 0 Å². The van der Waals surface area contributed by atoms with Crippen LogP contribution in [-0.2, 0) is 5.41 Å². The lowest BCUT2D eigenvalue weighted by Gasteiger charge is -2.27. The molecule has 0 atom stereocenters. The van der Waals surface area contributed by atoms with Crippen molar-refractivity contribution in [3.63, 3.8) is 0 Å². The van der Waals surface area contributed by atoms with Crippen LogP contribution in [0, 0.1) is 13.8 Å². The van der Waals surface area contributed by atoms with Crippen LogP contribution in [0.5, 0.6) is 0 Å². The minimum Gasteiger partial charge on any atom is -0.399 e. The van der Waals surface area contributed by atoms with Gasteiger partial charge in [0.2, 0.25) is 0 Å². The summed E-state index contributed by atoms with van der Waals surface area (Å²) in [5.41, 5.74) is 12.4. The molecule has 0 unspecified atom stereocenters. The number of likely N-dealkylation sites (N-methyl/N-ethyl adjacent to an activating group) is 1. The van der Waals surface area contributed by atoms with Crippen molar-refractivity contribution in [2.45, 2.75) is 32.1 Å². The fourth-order valence-corrected chi connectivity index (χ4v) is 3.30. The van der Waals surface area contributed by atoms with Crippen LogP contribution in [-0.4, -0.2) is 13.6 Å². The molecule has 1 saturated carbocycles. The highest BCUT2D eigenvalue weighted by atomic mass is 15.1. The van der Waals surface area contributed by atoms with Gasteiger partial charge in [-0.05, 0) is 56.0 Å². The maximum absolute atomic E-state index is 5.81. The Morgan fingerprint density at radius 2 is 1.71 bits per heavy atom. The molecule has 110 valence electrons. The van der Waals surface area contributed by atoms with Crippen molar-refractivity contribution >= 4 is 11.4 Å². The highest BCUT2D eigenvalue weighted by Crippen LogP contribution is 2.49. The molecule has 1 aliphatic carbocycles. The van der Waals surface area contributed by atoms with E-state index in [1.165, 1.54) is 35.2 Å². The SMILES string of the molecule is Cc1ccc(N(C)CC2(c3ccc(N)cc3)CC2)c(C)c1. The highest BCUT2D eigenvalue weighted by Gasteiger charge is 2.45. The van der Waals surface area contributed by atoms with E-state index in [-0.39, 0.29) is 0 Å². The quantitative estimate of drug-likeness (QED) is 0.856. The van der Waals surface area contributed by atoms with Crippen molar-refractivity contribution < 1.29 is 0 Å². The molecule has 2 nitrogen and oxygen atoms in total. The molecule has 0 heterocycles. The number of nitrogens with two attached hydrogens (primary N) is 1. The summed E-state index contributed by atoms with van der Waals surface area (Å²) in [6.07, 6.45) is 2.54. The molecule has 0 radical (unpaired) electrons. The van der Waals surface area contributed by atoms with Gasteiger partial charge in [-0.1, -0.05) is 29.8 Å². The zero-order valence-corrected chi connectivity index (χ0v) is 13.2. The van der Waals surface area contributed by atoms with Crippen LogP contribution in [0.3, 0.4) is 0 Å². The van der Waals surface area contributed by atoms with Gasteiger partial charge < -0.3 is 10.6 Å². The number of nitrogen functional groups attached to an aromatic ring is 1. The lowest BCUT2D eigenvalue weighted by atomic mass is 9.94. The largest absolute Gasteiger partial charge is 0.399 e. The first-order chi connectivity index (χ1) is 10.00. The van der Waals surface area contributed by atoms with Crippen LogP contribution >= 0.6 is 0 Å². The molecule has 0 aliphatic heterocycles. The third-order valence-electron chi connectivity index (χ3n) is 4.68. The van der Waals surface area contributed by atoms with E-state index in [0.29, 0.717) is 5.41 Å². The maximum Gasteiger partial charge on any atom is 0.0393 e. The fraction of sp³-hybridized carbons (Fsp3) is 0.368. The van der Waals surface area contributed by atoms with Gasteiger partial charge in [0.05, 0.1) is 0 Å². The van der Waals surface area contributed by atoms with Gasteiger partial charge >= 0.3 is 0 Å². The summed E-state index contributed by atoms with van der Waals surface area (Å²) in [6, 6.07) is 15.1. The minimum atomic E-state index is 0.319. The predicted molar refractivity (Wildman–Crippen MR) is 91.0 cm³/mol. The first-order valence-electron chi connectivity index (χ1n) is 7.65. The normalized spacial score (nSPS) is 15.8. The first kappa shape index (κ1) is 14.0. The van der Waals surface area contributed by atoms with Gasteiger partial charge in [-0.15, -0.1) is 0 Å². The fourth-order valence-electron chi connectivity index (χ4n) is 3.30. The zero-order valence-electron chi connectivity index (χ0n) is 13.2. The second kappa shape index (κ2) is 5.10. The minimum absolute atomic E-state index is 0.319. The summed E-state index contributed by atoms with van der Waals surface area (Å²) in [4.78, 5) is 2.40. The summed E-state index contributed by atoms with van der Waals surface area (Å²) < 4.78 is 0. The molecule has 2 aromatic rings. The Morgan fingerprint density at radius 3 is 2.29 bits per heavy atom. The number of benzene rings is 2. The summed E-state index contributed by atoms with van der Waals surface area (Å²) in [6.45, 7) is 5.41. The molecule has 3 rings (SSSR count). The molecule has 2 aromatic carbocycles. The standard InChI is InChI=1S/C19H24N2/c1-14-4-9-18(15(2)12-14)21(3)13-19(10-11-19)16-5-7-17(20)8-6-16/h4-9,12H,10-11,13,20H2,1-3H3. The topological polar surface area (TPSA) is 29.3 Å². The van der Waals surface area contributed by atoms with E-state index >= 15 is 0 Å². The Balaban J connectivity index is 1.81. The second-order valence-electron chi connectivity index (χ2n) is 6.55. The van der Waals surface area contributed by atoms with Crippen LogP contribution in [0.2, 0.25) is 0 Å². The van der Waals surface area contributed by atoms with Gasteiger partial charge in [0.15, 0.2) is 0 Å². The smallest absolute Gasteiger partial charge is 0.0393 e. The van der Waals surface area contributed by atoms with Gasteiger partial charge in [0.25, 0.3) is 0 Å². The van der Waals surface area contributed by atoms with Crippen molar-refractivity contribution in [1.29, 1.82) is 0 Å². The number of anilines is 2. The van der Waals surface area contributed by atoms with E-state index in [1.54, 1.807) is 0 Å². The number of rotatable bonds is 4. The average Bonchev–Trinajstić information content (AvgIpc) is 3.20. The molecule has 1 aliphatic rings. The van der Waals surface area contributed by atoms with Crippen LogP contribution in [0.1, 0.15) is 29.5 Å². The summed E-state index contributed by atoms with van der Waals surface area (Å²) in [7, 11) is 2.20. The van der Waals surface area contributed by atoms with E-state index in [9.17, 15) is 0 Å². The molecule has 1 fully saturated rings. The van der Waals surface area contributed by atoms with Crippen LogP contribution in [0.15, 0.2) is 42.5 Å². The number of aryl methyl sites for hydroxylation is 2. The maximum atomic E-state index is 5.81. The molecule has 0 spiro atoms. The molecule has 21 heavy (non-hydrogen) atoms. The van der Waals surface area contributed by atoms with Gasteiger partial charge in [-0.3, -0.25) is 0 Å². The Morgan fingerprint density at radius 1 is 1.05 bits per heavy atom. The number of nitrogens with zero attached hydrogens (tertiary/aromatic N) is 1.